The summed E-state index contributed by atoms with van der Waals surface area (Å²) in [5, 5.41) is 8.56. The van der Waals surface area contributed by atoms with Gasteiger partial charge in [0.05, 0.1) is 17.0 Å². The van der Waals surface area contributed by atoms with E-state index < -0.39 is 10.0 Å². The third-order valence-corrected chi connectivity index (χ3v) is 7.99. The molecule has 3 aromatic rings. The van der Waals surface area contributed by atoms with Gasteiger partial charge in [-0.2, -0.15) is 0 Å². The second kappa shape index (κ2) is 4.59. The summed E-state index contributed by atoms with van der Waals surface area (Å²) in [5.74, 6) is 2.12. The molecule has 0 bridgehead atoms. The fraction of sp³-hybridized carbons (Fsp3) is 0.562. The van der Waals surface area contributed by atoms with E-state index in [4.69, 9.17) is 0 Å². The molecule has 0 saturated heterocycles. The zero-order valence-corrected chi connectivity index (χ0v) is 14.3. The molecule has 0 aliphatic heterocycles. The standard InChI is InChI=1S/C16H18N6O2S/c23-25(24,8-1-2-8)21-12-6-11(9-5-10(9)12)16-20-19-14-7-18-15-13(22(14)16)3-4-17-15/h3-4,7-12,17,21H,1-2,5-6H2/t9-,10+,11+,12-/m1/s1. The quantitative estimate of drug-likeness (QED) is 0.729. The third kappa shape index (κ3) is 2.02. The van der Waals surface area contributed by atoms with Gasteiger partial charge in [0, 0.05) is 18.2 Å². The Hall–Kier alpha value is -2.00. The number of sulfonamides is 1. The number of hydrogen-bond donors (Lipinski definition) is 2. The van der Waals surface area contributed by atoms with Crippen molar-refractivity contribution < 1.29 is 8.42 Å². The molecule has 0 unspecified atom stereocenters. The lowest BCUT2D eigenvalue weighted by molar-refractivity contribution is 0.501. The number of nitrogens with zero attached hydrogens (tertiary/aromatic N) is 4. The Labute approximate surface area is 144 Å². The number of hydrogen-bond acceptors (Lipinski definition) is 5. The van der Waals surface area contributed by atoms with E-state index in [9.17, 15) is 8.42 Å². The van der Waals surface area contributed by atoms with Crippen molar-refractivity contribution in [2.75, 3.05) is 0 Å². The van der Waals surface area contributed by atoms with Crippen LogP contribution in [-0.4, -0.2) is 44.3 Å². The monoisotopic (exact) mass is 358 g/mol. The van der Waals surface area contributed by atoms with Crippen molar-refractivity contribution in [3.63, 3.8) is 0 Å². The van der Waals surface area contributed by atoms with Gasteiger partial charge in [-0.3, -0.25) is 4.40 Å². The molecule has 25 heavy (non-hydrogen) atoms. The number of nitrogens with one attached hydrogen (secondary N) is 2. The van der Waals surface area contributed by atoms with Crippen LogP contribution in [0, 0.1) is 11.8 Å². The summed E-state index contributed by atoms with van der Waals surface area (Å²) < 4.78 is 29.6. The zero-order chi connectivity index (χ0) is 16.8. The summed E-state index contributed by atoms with van der Waals surface area (Å²) in [4.78, 5) is 7.48. The lowest BCUT2D eigenvalue weighted by atomic mass is 10.0. The van der Waals surface area contributed by atoms with Crippen LogP contribution < -0.4 is 4.72 Å². The van der Waals surface area contributed by atoms with E-state index in [1.165, 1.54) is 0 Å². The third-order valence-electron chi connectivity index (χ3n) is 6.01. The van der Waals surface area contributed by atoms with Crippen molar-refractivity contribution in [3.05, 3.63) is 24.3 Å². The molecule has 3 aromatic heterocycles. The van der Waals surface area contributed by atoms with Crippen molar-refractivity contribution in [2.24, 2.45) is 11.8 Å². The van der Waals surface area contributed by atoms with Gasteiger partial charge in [-0.25, -0.2) is 18.1 Å². The molecule has 3 fully saturated rings. The lowest BCUT2D eigenvalue weighted by Gasteiger charge is -2.17. The van der Waals surface area contributed by atoms with E-state index in [0.29, 0.717) is 11.8 Å². The number of fused-ring (bicyclic) bond motifs is 4. The Morgan fingerprint density at radius 1 is 1.20 bits per heavy atom. The highest BCUT2D eigenvalue weighted by atomic mass is 32.2. The molecule has 0 spiro atoms. The molecule has 3 saturated carbocycles. The van der Waals surface area contributed by atoms with Crippen LogP contribution in [0.15, 0.2) is 18.5 Å². The Morgan fingerprint density at radius 2 is 2.08 bits per heavy atom. The van der Waals surface area contributed by atoms with Crippen LogP contribution in [0.4, 0.5) is 0 Å². The predicted molar refractivity (Wildman–Crippen MR) is 90.5 cm³/mol. The molecule has 4 atom stereocenters. The predicted octanol–water partition coefficient (Wildman–Crippen LogP) is 1.18. The van der Waals surface area contributed by atoms with Gasteiger partial charge in [-0.1, -0.05) is 0 Å². The molecule has 0 aromatic carbocycles. The second-order valence-corrected chi connectivity index (χ2v) is 9.59. The zero-order valence-electron chi connectivity index (χ0n) is 13.5. The summed E-state index contributed by atoms with van der Waals surface area (Å²) in [5.41, 5.74) is 2.52. The van der Waals surface area contributed by atoms with Crippen molar-refractivity contribution >= 4 is 26.8 Å². The van der Waals surface area contributed by atoms with Crippen molar-refractivity contribution in [3.8, 4) is 0 Å². The number of aromatic nitrogens is 5. The van der Waals surface area contributed by atoms with Gasteiger partial charge in [0.25, 0.3) is 0 Å². The molecule has 2 N–H and O–H groups in total. The first-order chi connectivity index (χ1) is 12.1. The number of rotatable bonds is 4. The van der Waals surface area contributed by atoms with Crippen LogP contribution in [0.1, 0.15) is 37.4 Å². The van der Waals surface area contributed by atoms with Gasteiger partial charge >= 0.3 is 0 Å². The lowest BCUT2D eigenvalue weighted by Crippen LogP contribution is -2.37. The van der Waals surface area contributed by atoms with Gasteiger partial charge in [-0.15, -0.1) is 10.2 Å². The Kier molecular flexibility index (Phi) is 2.60. The molecular weight excluding hydrogens is 340 g/mol. The summed E-state index contributed by atoms with van der Waals surface area (Å²) in [6, 6.07) is 2.02. The first-order valence-electron chi connectivity index (χ1n) is 8.80. The number of H-pyrrole nitrogens is 1. The van der Waals surface area contributed by atoms with E-state index in [0.717, 1.165) is 48.3 Å². The maximum atomic E-state index is 12.3. The molecule has 8 nitrogen and oxygen atoms in total. The second-order valence-electron chi connectivity index (χ2n) is 7.60. The van der Waals surface area contributed by atoms with E-state index in [1.807, 2.05) is 12.3 Å². The summed E-state index contributed by atoms with van der Waals surface area (Å²) in [6.45, 7) is 0. The molecule has 3 heterocycles. The topological polar surface area (TPSA) is 105 Å². The Bertz CT molecular complexity index is 1100. The van der Waals surface area contributed by atoms with Gasteiger partial charge in [0.2, 0.25) is 10.0 Å². The smallest absolute Gasteiger partial charge is 0.214 e. The summed E-state index contributed by atoms with van der Waals surface area (Å²) in [6.07, 6.45) is 7.05. The average Bonchev–Trinajstić information content (AvgIpc) is 3.46. The number of aromatic amines is 1. The molecular formula is C16H18N6O2S. The van der Waals surface area contributed by atoms with E-state index in [-0.39, 0.29) is 17.2 Å². The minimum Gasteiger partial charge on any atom is -0.345 e. The highest BCUT2D eigenvalue weighted by Gasteiger charge is 2.57. The average molecular weight is 358 g/mol. The van der Waals surface area contributed by atoms with E-state index in [1.54, 1.807) is 6.20 Å². The Morgan fingerprint density at radius 3 is 2.92 bits per heavy atom. The first kappa shape index (κ1) is 14.2. The van der Waals surface area contributed by atoms with Crippen molar-refractivity contribution in [1.82, 2.24) is 29.3 Å². The van der Waals surface area contributed by atoms with Crippen molar-refractivity contribution in [1.29, 1.82) is 0 Å². The van der Waals surface area contributed by atoms with E-state index >= 15 is 0 Å². The van der Waals surface area contributed by atoms with Gasteiger partial charge in [-0.05, 0) is 43.6 Å². The fourth-order valence-corrected chi connectivity index (χ4v) is 6.18. The van der Waals surface area contributed by atoms with Crippen LogP contribution in [0.2, 0.25) is 0 Å². The molecule has 0 radical (unpaired) electrons. The maximum Gasteiger partial charge on any atom is 0.214 e. The van der Waals surface area contributed by atoms with Crippen molar-refractivity contribution in [2.45, 2.75) is 42.9 Å². The van der Waals surface area contributed by atoms with Crippen LogP contribution in [0.25, 0.3) is 16.8 Å². The van der Waals surface area contributed by atoms with Crippen LogP contribution in [0.5, 0.6) is 0 Å². The van der Waals surface area contributed by atoms with Crippen LogP contribution >= 0.6 is 0 Å². The maximum absolute atomic E-state index is 12.3. The van der Waals surface area contributed by atoms with Gasteiger partial charge < -0.3 is 4.98 Å². The Balaban J connectivity index is 1.37. The SMILES string of the molecule is O=S(=O)(N[C@@H]1C[C@H](c2nnc3cnc4[nH]ccc4n23)[C@@H]2C[C@@H]21)C1CC1. The fourth-order valence-electron chi connectivity index (χ4n) is 4.54. The van der Waals surface area contributed by atoms with Crippen LogP contribution in [-0.2, 0) is 10.0 Å². The normalized spacial score (nSPS) is 31.7. The highest BCUT2D eigenvalue weighted by molar-refractivity contribution is 7.90. The highest BCUT2D eigenvalue weighted by Crippen LogP contribution is 2.59. The molecule has 0 amide bonds. The minimum absolute atomic E-state index is 0.0384. The molecule has 130 valence electrons. The molecule has 6 rings (SSSR count). The van der Waals surface area contributed by atoms with Crippen LogP contribution in [0.3, 0.4) is 0 Å². The minimum atomic E-state index is -3.15. The summed E-state index contributed by atoms with van der Waals surface area (Å²) >= 11 is 0. The van der Waals surface area contributed by atoms with Gasteiger partial charge in [0.1, 0.15) is 5.82 Å². The first-order valence-corrected chi connectivity index (χ1v) is 10.3. The molecule has 3 aliphatic carbocycles. The molecule has 3 aliphatic rings. The molecule has 9 heteroatoms. The summed E-state index contributed by atoms with van der Waals surface area (Å²) in [7, 11) is -3.15. The largest absolute Gasteiger partial charge is 0.345 e. The van der Waals surface area contributed by atoms with Gasteiger partial charge in [0.15, 0.2) is 11.3 Å². The van der Waals surface area contributed by atoms with E-state index in [2.05, 4.69) is 29.3 Å².